The molecule has 0 aliphatic rings. The van der Waals surface area contributed by atoms with Crippen LogP contribution >= 0.6 is 11.6 Å². The van der Waals surface area contributed by atoms with Gasteiger partial charge >= 0.3 is 6.03 Å². The topological polar surface area (TPSA) is 70.6 Å². The maximum Gasteiger partial charge on any atom is 0.319 e. The second-order valence-electron chi connectivity index (χ2n) is 4.05. The number of aryl methyl sites for hydroxylation is 1. The molecular weight excluding hydrogens is 268 g/mol. The molecule has 0 saturated carbocycles. The molecule has 0 fully saturated rings. The van der Waals surface area contributed by atoms with Gasteiger partial charge in [-0.25, -0.2) is 4.79 Å². The van der Waals surface area contributed by atoms with E-state index in [0.717, 1.165) is 5.56 Å². The van der Waals surface area contributed by atoms with Crippen LogP contribution in [-0.2, 0) is 4.74 Å². The fourth-order valence-electron chi connectivity index (χ4n) is 1.44. The number of aliphatic hydroxyl groups excluding tert-OH is 1. The lowest BCUT2D eigenvalue weighted by molar-refractivity contribution is 0.0910. The molecule has 0 aromatic heterocycles. The Hall–Kier alpha value is -1.30. The molecule has 1 rings (SSSR count). The highest BCUT2D eigenvalue weighted by Crippen LogP contribution is 2.22. The number of aliphatic hydroxyl groups is 1. The molecule has 0 aliphatic heterocycles. The highest BCUT2D eigenvalue weighted by atomic mass is 35.5. The van der Waals surface area contributed by atoms with Crippen LogP contribution < -0.4 is 10.6 Å². The predicted octanol–water partition coefficient (Wildman–Crippen LogP) is 2.17. The first-order valence-electron chi connectivity index (χ1n) is 6.13. The number of halogens is 1. The first-order chi connectivity index (χ1) is 9.13. The summed E-state index contributed by atoms with van der Waals surface area (Å²) in [6, 6.07) is 5.14. The van der Waals surface area contributed by atoms with Crippen LogP contribution in [0, 0.1) is 6.92 Å². The molecule has 0 atom stereocenters. The van der Waals surface area contributed by atoms with Gasteiger partial charge in [0.15, 0.2) is 0 Å². The highest BCUT2D eigenvalue weighted by molar-refractivity contribution is 6.33. The minimum absolute atomic E-state index is 0.0137. The van der Waals surface area contributed by atoms with Gasteiger partial charge < -0.3 is 20.5 Å². The van der Waals surface area contributed by atoms with Gasteiger partial charge in [-0.15, -0.1) is 0 Å². The molecule has 0 saturated heterocycles. The summed E-state index contributed by atoms with van der Waals surface area (Å²) in [6.45, 7) is 3.27. The number of anilines is 1. The van der Waals surface area contributed by atoms with Crippen molar-refractivity contribution in [1.29, 1.82) is 0 Å². The lowest BCUT2D eigenvalue weighted by atomic mass is 10.2. The monoisotopic (exact) mass is 286 g/mol. The van der Waals surface area contributed by atoms with Crippen molar-refractivity contribution in [2.75, 3.05) is 31.7 Å². The summed E-state index contributed by atoms with van der Waals surface area (Å²) in [5, 5.41) is 14.4. The normalized spacial score (nSPS) is 10.3. The second-order valence-corrected chi connectivity index (χ2v) is 4.46. The quantitative estimate of drug-likeness (QED) is 0.673. The Balaban J connectivity index is 2.25. The van der Waals surface area contributed by atoms with Crippen molar-refractivity contribution < 1.29 is 14.6 Å². The van der Waals surface area contributed by atoms with E-state index >= 15 is 0 Å². The van der Waals surface area contributed by atoms with E-state index in [9.17, 15) is 4.79 Å². The molecule has 1 aromatic carbocycles. The Morgan fingerprint density at radius 2 is 2.21 bits per heavy atom. The third-order valence-corrected chi connectivity index (χ3v) is 2.69. The zero-order chi connectivity index (χ0) is 14.1. The molecule has 5 nitrogen and oxygen atoms in total. The van der Waals surface area contributed by atoms with E-state index in [1.54, 1.807) is 6.07 Å². The SMILES string of the molecule is Cc1ccc(Cl)c(NC(=O)NCCCOCCO)c1. The van der Waals surface area contributed by atoms with Crippen molar-refractivity contribution in [2.24, 2.45) is 0 Å². The van der Waals surface area contributed by atoms with E-state index in [0.29, 0.717) is 36.9 Å². The van der Waals surface area contributed by atoms with Gasteiger partial charge in [-0.1, -0.05) is 17.7 Å². The number of amides is 2. The summed E-state index contributed by atoms with van der Waals surface area (Å²) >= 11 is 5.97. The van der Waals surface area contributed by atoms with Crippen LogP contribution in [0.15, 0.2) is 18.2 Å². The van der Waals surface area contributed by atoms with E-state index in [1.807, 2.05) is 19.1 Å². The van der Waals surface area contributed by atoms with Gasteiger partial charge in [-0.3, -0.25) is 0 Å². The Bertz CT molecular complexity index is 413. The fraction of sp³-hybridized carbons (Fsp3) is 0.462. The van der Waals surface area contributed by atoms with Gasteiger partial charge in [0.05, 0.1) is 23.9 Å². The van der Waals surface area contributed by atoms with Gasteiger partial charge in [-0.2, -0.15) is 0 Å². The average molecular weight is 287 g/mol. The summed E-state index contributed by atoms with van der Waals surface area (Å²) in [5.74, 6) is 0. The minimum Gasteiger partial charge on any atom is -0.394 e. The number of carbonyl (C=O) groups is 1. The molecule has 3 N–H and O–H groups in total. The fourth-order valence-corrected chi connectivity index (χ4v) is 1.61. The number of benzene rings is 1. The van der Waals surface area contributed by atoms with Crippen LogP contribution in [0.25, 0.3) is 0 Å². The summed E-state index contributed by atoms with van der Waals surface area (Å²) in [5.41, 5.74) is 1.62. The van der Waals surface area contributed by atoms with E-state index in [2.05, 4.69) is 10.6 Å². The van der Waals surface area contributed by atoms with E-state index < -0.39 is 0 Å². The lowest BCUT2D eigenvalue weighted by Crippen LogP contribution is -2.30. The molecule has 19 heavy (non-hydrogen) atoms. The smallest absolute Gasteiger partial charge is 0.319 e. The molecular formula is C13H19ClN2O3. The first-order valence-corrected chi connectivity index (χ1v) is 6.51. The molecule has 0 unspecified atom stereocenters. The molecule has 0 radical (unpaired) electrons. The molecule has 0 bridgehead atoms. The van der Waals surface area contributed by atoms with Gasteiger partial charge in [0.25, 0.3) is 0 Å². The third-order valence-electron chi connectivity index (χ3n) is 2.36. The van der Waals surface area contributed by atoms with Crippen molar-refractivity contribution in [3.8, 4) is 0 Å². The number of ether oxygens (including phenoxy) is 1. The lowest BCUT2D eigenvalue weighted by Gasteiger charge is -2.09. The molecule has 0 heterocycles. The van der Waals surface area contributed by atoms with Crippen molar-refractivity contribution >= 4 is 23.3 Å². The van der Waals surface area contributed by atoms with Gasteiger partial charge in [0, 0.05) is 13.2 Å². The minimum atomic E-state index is -0.297. The van der Waals surface area contributed by atoms with Gasteiger partial charge in [-0.05, 0) is 31.0 Å². The van der Waals surface area contributed by atoms with Crippen LogP contribution in [-0.4, -0.2) is 37.5 Å². The maximum atomic E-state index is 11.6. The number of hydrogen-bond acceptors (Lipinski definition) is 3. The predicted molar refractivity (Wildman–Crippen MR) is 75.7 cm³/mol. The second kappa shape index (κ2) is 8.74. The van der Waals surface area contributed by atoms with Crippen molar-refractivity contribution in [3.63, 3.8) is 0 Å². The van der Waals surface area contributed by atoms with Crippen molar-refractivity contribution in [3.05, 3.63) is 28.8 Å². The van der Waals surface area contributed by atoms with Crippen LogP contribution in [0.3, 0.4) is 0 Å². The number of hydrogen-bond donors (Lipinski definition) is 3. The zero-order valence-corrected chi connectivity index (χ0v) is 11.7. The van der Waals surface area contributed by atoms with Gasteiger partial charge in [0.1, 0.15) is 0 Å². The van der Waals surface area contributed by atoms with Crippen LogP contribution in [0.1, 0.15) is 12.0 Å². The highest BCUT2D eigenvalue weighted by Gasteiger charge is 2.05. The number of rotatable bonds is 7. The summed E-state index contributed by atoms with van der Waals surface area (Å²) in [6.07, 6.45) is 0.689. The summed E-state index contributed by atoms with van der Waals surface area (Å²) in [4.78, 5) is 11.6. The van der Waals surface area contributed by atoms with Gasteiger partial charge in [0.2, 0.25) is 0 Å². The van der Waals surface area contributed by atoms with E-state index in [4.69, 9.17) is 21.4 Å². The number of carbonyl (C=O) groups excluding carboxylic acids is 1. The largest absolute Gasteiger partial charge is 0.394 e. The molecule has 106 valence electrons. The van der Waals surface area contributed by atoms with Crippen molar-refractivity contribution in [2.45, 2.75) is 13.3 Å². The molecule has 1 aromatic rings. The standard InChI is InChI=1S/C13H19ClN2O3/c1-10-3-4-11(14)12(9-10)16-13(18)15-5-2-7-19-8-6-17/h3-4,9,17H,2,5-8H2,1H3,(H2,15,16,18). The zero-order valence-electron chi connectivity index (χ0n) is 10.9. The van der Waals surface area contributed by atoms with Crippen LogP contribution in [0.5, 0.6) is 0 Å². The Morgan fingerprint density at radius 3 is 2.95 bits per heavy atom. The number of nitrogens with one attached hydrogen (secondary N) is 2. The summed E-state index contributed by atoms with van der Waals surface area (Å²) < 4.78 is 5.07. The van der Waals surface area contributed by atoms with Crippen LogP contribution in [0.2, 0.25) is 5.02 Å². The van der Waals surface area contributed by atoms with Crippen molar-refractivity contribution in [1.82, 2.24) is 5.32 Å². The third kappa shape index (κ3) is 6.42. The van der Waals surface area contributed by atoms with Crippen LogP contribution in [0.4, 0.5) is 10.5 Å². The maximum absolute atomic E-state index is 11.6. The Morgan fingerprint density at radius 1 is 1.42 bits per heavy atom. The van der Waals surface area contributed by atoms with E-state index in [-0.39, 0.29) is 12.6 Å². The molecule has 0 spiro atoms. The molecule has 2 amide bonds. The summed E-state index contributed by atoms with van der Waals surface area (Å²) in [7, 11) is 0. The Labute approximate surface area is 117 Å². The average Bonchev–Trinajstić information content (AvgIpc) is 2.38. The molecule has 6 heteroatoms. The molecule has 0 aliphatic carbocycles. The first kappa shape index (κ1) is 15.8. The number of urea groups is 1. The van der Waals surface area contributed by atoms with E-state index in [1.165, 1.54) is 0 Å². The Kier molecular flexibility index (Phi) is 7.25.